The van der Waals surface area contributed by atoms with Crippen LogP contribution in [0.5, 0.6) is 0 Å². The van der Waals surface area contributed by atoms with Crippen LogP contribution in [0, 0.1) is 11.6 Å². The van der Waals surface area contributed by atoms with Gasteiger partial charge in [0.2, 0.25) is 0 Å². The fourth-order valence-electron chi connectivity index (χ4n) is 3.07. The standard InChI is InChI=1S/C20H15F2N3O2/c21-15-7-5-13(6-8-15)18-16(12-26)19-20(27)24(9-10-25(19)23-18)11-14-3-1-2-4-17(14)22/h1-10,26H,11-12H2. The molecule has 0 spiro atoms. The molecule has 0 amide bonds. The summed E-state index contributed by atoms with van der Waals surface area (Å²) in [6.07, 6.45) is 3.09. The zero-order valence-electron chi connectivity index (χ0n) is 14.1. The Morgan fingerprint density at radius 2 is 1.74 bits per heavy atom. The van der Waals surface area contributed by atoms with Crippen molar-refractivity contribution < 1.29 is 13.9 Å². The molecule has 0 aliphatic carbocycles. The molecule has 0 atom stereocenters. The second-order valence-electron chi connectivity index (χ2n) is 6.11. The molecule has 1 N–H and O–H groups in total. The maximum absolute atomic E-state index is 13.9. The summed E-state index contributed by atoms with van der Waals surface area (Å²) in [5.74, 6) is -0.785. The highest BCUT2D eigenvalue weighted by molar-refractivity contribution is 5.72. The maximum atomic E-state index is 13.9. The zero-order chi connectivity index (χ0) is 19.0. The van der Waals surface area contributed by atoms with Gasteiger partial charge in [0, 0.05) is 29.1 Å². The Bertz CT molecular complexity index is 1180. The van der Waals surface area contributed by atoms with E-state index in [4.69, 9.17) is 0 Å². The highest BCUT2D eigenvalue weighted by atomic mass is 19.1. The Kier molecular flexibility index (Phi) is 4.29. The normalized spacial score (nSPS) is 11.2. The molecule has 0 aliphatic heterocycles. The Labute approximate surface area is 152 Å². The van der Waals surface area contributed by atoms with Crippen LogP contribution in [0.25, 0.3) is 16.8 Å². The fourth-order valence-corrected chi connectivity index (χ4v) is 3.07. The van der Waals surface area contributed by atoms with E-state index in [9.17, 15) is 18.7 Å². The van der Waals surface area contributed by atoms with E-state index in [-0.39, 0.29) is 17.9 Å². The number of aliphatic hydroxyl groups excluding tert-OH is 1. The van der Waals surface area contributed by atoms with Crippen LogP contribution in [0.1, 0.15) is 11.1 Å². The third kappa shape index (κ3) is 3.02. The molecule has 27 heavy (non-hydrogen) atoms. The molecule has 0 bridgehead atoms. The molecular weight excluding hydrogens is 352 g/mol. The van der Waals surface area contributed by atoms with E-state index in [1.807, 2.05) is 0 Å². The Balaban J connectivity index is 1.86. The topological polar surface area (TPSA) is 59.5 Å². The van der Waals surface area contributed by atoms with Crippen molar-refractivity contribution in [2.24, 2.45) is 0 Å². The van der Waals surface area contributed by atoms with Gasteiger partial charge in [-0.2, -0.15) is 5.10 Å². The van der Waals surface area contributed by atoms with Gasteiger partial charge in [0.05, 0.1) is 18.8 Å². The highest BCUT2D eigenvalue weighted by Crippen LogP contribution is 2.25. The Hall–Kier alpha value is -3.32. The first kappa shape index (κ1) is 17.1. The van der Waals surface area contributed by atoms with Crippen LogP contribution >= 0.6 is 0 Å². The van der Waals surface area contributed by atoms with Crippen LogP contribution in [-0.4, -0.2) is 19.3 Å². The molecule has 0 saturated carbocycles. The molecule has 0 radical (unpaired) electrons. The number of aromatic nitrogens is 3. The Morgan fingerprint density at radius 3 is 2.44 bits per heavy atom. The van der Waals surface area contributed by atoms with Crippen molar-refractivity contribution in [2.45, 2.75) is 13.2 Å². The first-order valence-electron chi connectivity index (χ1n) is 8.29. The smallest absolute Gasteiger partial charge is 0.277 e. The lowest BCUT2D eigenvalue weighted by molar-refractivity contribution is 0.283. The number of aliphatic hydroxyl groups is 1. The first-order chi connectivity index (χ1) is 13.1. The van der Waals surface area contributed by atoms with Gasteiger partial charge in [0.15, 0.2) is 0 Å². The molecule has 4 aromatic rings. The summed E-state index contributed by atoms with van der Waals surface area (Å²) in [4.78, 5) is 12.9. The van der Waals surface area contributed by atoms with E-state index in [0.29, 0.717) is 22.4 Å². The van der Waals surface area contributed by atoms with E-state index in [1.165, 1.54) is 45.6 Å². The van der Waals surface area contributed by atoms with Gasteiger partial charge in [-0.1, -0.05) is 18.2 Å². The third-order valence-corrected chi connectivity index (χ3v) is 4.43. The number of benzene rings is 2. The molecule has 0 fully saturated rings. The van der Waals surface area contributed by atoms with E-state index in [2.05, 4.69) is 5.10 Å². The minimum atomic E-state index is -0.408. The van der Waals surface area contributed by atoms with E-state index in [1.54, 1.807) is 24.4 Å². The van der Waals surface area contributed by atoms with E-state index < -0.39 is 18.0 Å². The Morgan fingerprint density at radius 1 is 1.00 bits per heavy atom. The number of fused-ring (bicyclic) bond motifs is 1. The third-order valence-electron chi connectivity index (χ3n) is 4.43. The SMILES string of the molecule is O=c1c2c(CO)c(-c3ccc(F)cc3)nn2ccn1Cc1ccccc1F. The quantitative estimate of drug-likeness (QED) is 0.603. The van der Waals surface area contributed by atoms with Gasteiger partial charge in [-0.05, 0) is 30.3 Å². The average Bonchev–Trinajstić information content (AvgIpc) is 3.05. The predicted molar refractivity (Wildman–Crippen MR) is 96.3 cm³/mol. The van der Waals surface area contributed by atoms with Crippen molar-refractivity contribution in [3.8, 4) is 11.3 Å². The molecule has 5 nitrogen and oxygen atoms in total. The number of nitrogens with zero attached hydrogens (tertiary/aromatic N) is 3. The summed E-state index contributed by atoms with van der Waals surface area (Å²) >= 11 is 0. The van der Waals surface area contributed by atoms with Crippen LogP contribution in [-0.2, 0) is 13.2 Å². The molecule has 2 heterocycles. The summed E-state index contributed by atoms with van der Waals surface area (Å²) in [5.41, 5.74) is 1.52. The molecule has 7 heteroatoms. The van der Waals surface area contributed by atoms with Gasteiger partial charge in [0.25, 0.3) is 5.56 Å². The predicted octanol–water partition coefficient (Wildman–Crippen LogP) is 2.98. The second kappa shape index (κ2) is 6.77. The van der Waals surface area contributed by atoms with Gasteiger partial charge in [-0.25, -0.2) is 13.3 Å². The van der Waals surface area contributed by atoms with Crippen LogP contribution in [0.3, 0.4) is 0 Å². The molecule has 0 aliphatic rings. The second-order valence-corrected chi connectivity index (χ2v) is 6.11. The highest BCUT2D eigenvalue weighted by Gasteiger charge is 2.18. The summed E-state index contributed by atoms with van der Waals surface area (Å²) in [6, 6.07) is 11.9. The molecule has 2 aromatic carbocycles. The minimum Gasteiger partial charge on any atom is -0.392 e. The number of rotatable bonds is 4. The fraction of sp³-hybridized carbons (Fsp3) is 0.100. The van der Waals surface area contributed by atoms with E-state index in [0.717, 1.165) is 0 Å². The van der Waals surface area contributed by atoms with Crippen molar-refractivity contribution >= 4 is 5.52 Å². The minimum absolute atomic E-state index is 0.0595. The van der Waals surface area contributed by atoms with Gasteiger partial charge in [0.1, 0.15) is 17.2 Å². The van der Waals surface area contributed by atoms with Crippen molar-refractivity contribution in [2.75, 3.05) is 0 Å². The number of hydrogen-bond donors (Lipinski definition) is 1. The van der Waals surface area contributed by atoms with Crippen molar-refractivity contribution in [3.05, 3.63) is 94.0 Å². The zero-order valence-corrected chi connectivity index (χ0v) is 14.1. The summed E-state index contributed by atoms with van der Waals surface area (Å²) in [7, 11) is 0. The van der Waals surface area contributed by atoms with Crippen LogP contribution in [0.2, 0.25) is 0 Å². The molecule has 0 unspecified atom stereocenters. The molecule has 2 aromatic heterocycles. The van der Waals surface area contributed by atoms with Crippen molar-refractivity contribution in [1.29, 1.82) is 0 Å². The van der Waals surface area contributed by atoms with Gasteiger partial charge < -0.3 is 9.67 Å². The average molecular weight is 367 g/mol. The van der Waals surface area contributed by atoms with Crippen molar-refractivity contribution in [1.82, 2.24) is 14.2 Å². The van der Waals surface area contributed by atoms with Gasteiger partial charge in [-0.3, -0.25) is 4.79 Å². The van der Waals surface area contributed by atoms with Gasteiger partial charge in [-0.15, -0.1) is 0 Å². The largest absolute Gasteiger partial charge is 0.392 e. The molecule has 0 saturated heterocycles. The lowest BCUT2D eigenvalue weighted by Gasteiger charge is -2.07. The number of hydrogen-bond acceptors (Lipinski definition) is 3. The maximum Gasteiger partial charge on any atom is 0.277 e. The molecule has 4 rings (SSSR count). The summed E-state index contributed by atoms with van der Waals surface area (Å²) in [6.45, 7) is -0.348. The van der Waals surface area contributed by atoms with Crippen molar-refractivity contribution in [3.63, 3.8) is 0 Å². The molecular formula is C20H15F2N3O2. The number of halogens is 2. The summed E-state index contributed by atoms with van der Waals surface area (Å²) in [5, 5.41) is 14.2. The van der Waals surface area contributed by atoms with Crippen LogP contribution in [0.4, 0.5) is 8.78 Å². The van der Waals surface area contributed by atoms with Crippen LogP contribution < -0.4 is 5.56 Å². The molecule has 136 valence electrons. The summed E-state index contributed by atoms with van der Waals surface area (Å²) < 4.78 is 29.9. The first-order valence-corrected chi connectivity index (χ1v) is 8.29. The lowest BCUT2D eigenvalue weighted by atomic mass is 10.1. The van der Waals surface area contributed by atoms with Crippen LogP contribution in [0.15, 0.2) is 65.7 Å². The lowest BCUT2D eigenvalue weighted by Crippen LogP contribution is -2.23. The monoisotopic (exact) mass is 367 g/mol. The van der Waals surface area contributed by atoms with Gasteiger partial charge >= 0.3 is 0 Å². The van der Waals surface area contributed by atoms with E-state index >= 15 is 0 Å².